The summed E-state index contributed by atoms with van der Waals surface area (Å²) in [5, 5.41) is 0. The van der Waals surface area contributed by atoms with Crippen LogP contribution in [0.2, 0.25) is 0 Å². The summed E-state index contributed by atoms with van der Waals surface area (Å²) >= 11 is 0. The molecule has 6 heteroatoms. The van der Waals surface area contributed by atoms with Crippen LogP contribution in [0, 0.1) is 0 Å². The van der Waals surface area contributed by atoms with E-state index in [1.807, 2.05) is 11.0 Å². The first-order valence-electron chi connectivity index (χ1n) is 10.6. The fourth-order valence-corrected chi connectivity index (χ4v) is 4.68. The molecular weight excluding hydrogens is 366 g/mol. The monoisotopic (exact) mass is 395 g/mol. The normalized spacial score (nSPS) is 23.0. The van der Waals surface area contributed by atoms with Gasteiger partial charge in [0.05, 0.1) is 0 Å². The summed E-state index contributed by atoms with van der Waals surface area (Å²) in [5.41, 5.74) is 3.99. The Labute approximate surface area is 171 Å². The zero-order valence-corrected chi connectivity index (χ0v) is 16.8. The van der Waals surface area contributed by atoms with Crippen LogP contribution in [-0.2, 0) is 24.3 Å². The van der Waals surface area contributed by atoms with Gasteiger partial charge in [-0.2, -0.15) is 0 Å². The molecule has 3 aliphatic heterocycles. The SMILES string of the molecule is O=C(C[NH+]1CC[NH+](Cc2ccc3c(c2)OCO3)CC1)N1CCc2ccccc2C1. The van der Waals surface area contributed by atoms with Crippen LogP contribution in [0.4, 0.5) is 0 Å². The van der Waals surface area contributed by atoms with Gasteiger partial charge in [0.2, 0.25) is 6.79 Å². The Bertz CT molecular complexity index is 893. The molecular formula is C23H29N3O3+2. The largest absolute Gasteiger partial charge is 0.454 e. The minimum atomic E-state index is 0.300. The summed E-state index contributed by atoms with van der Waals surface area (Å²) in [5.74, 6) is 2.01. The Morgan fingerprint density at radius 3 is 2.55 bits per heavy atom. The lowest BCUT2D eigenvalue weighted by Gasteiger charge is -2.32. The molecule has 0 aromatic heterocycles. The number of quaternary nitrogens is 2. The number of carbonyl (C=O) groups excluding carboxylic acids is 1. The standard InChI is InChI=1S/C23H27N3O3/c27-23(26-8-7-19-3-1-2-4-20(19)15-26)16-25-11-9-24(10-12-25)14-18-5-6-21-22(13-18)29-17-28-21/h1-6,13H,7-12,14-17H2/p+2. The van der Waals surface area contributed by atoms with Crippen molar-refractivity contribution in [2.75, 3.05) is 46.1 Å². The zero-order valence-electron chi connectivity index (χ0n) is 16.8. The van der Waals surface area contributed by atoms with Crippen molar-refractivity contribution in [2.45, 2.75) is 19.5 Å². The molecule has 0 unspecified atom stereocenters. The lowest BCUT2D eigenvalue weighted by Crippen LogP contribution is -3.28. The summed E-state index contributed by atoms with van der Waals surface area (Å²) in [6.07, 6.45) is 0.977. The van der Waals surface area contributed by atoms with Gasteiger partial charge in [-0.3, -0.25) is 4.79 Å². The molecule has 1 saturated heterocycles. The molecule has 5 rings (SSSR count). The Hall–Kier alpha value is -2.57. The fraction of sp³-hybridized carbons (Fsp3) is 0.435. The van der Waals surface area contributed by atoms with Gasteiger partial charge in [0.1, 0.15) is 32.7 Å². The van der Waals surface area contributed by atoms with E-state index in [2.05, 4.69) is 36.4 Å². The van der Waals surface area contributed by atoms with Gasteiger partial charge in [-0.05, 0) is 35.7 Å². The van der Waals surface area contributed by atoms with Crippen LogP contribution < -0.4 is 19.3 Å². The lowest BCUT2D eigenvalue weighted by molar-refractivity contribution is -1.02. The molecule has 0 atom stereocenters. The number of nitrogens with zero attached hydrogens (tertiary/aromatic N) is 1. The molecule has 1 fully saturated rings. The van der Waals surface area contributed by atoms with Crippen LogP contribution in [0.1, 0.15) is 16.7 Å². The van der Waals surface area contributed by atoms with Crippen LogP contribution in [0.25, 0.3) is 0 Å². The topological polar surface area (TPSA) is 47.7 Å². The van der Waals surface area contributed by atoms with Crippen LogP contribution in [-0.4, -0.2) is 56.9 Å². The van der Waals surface area contributed by atoms with Crippen LogP contribution in [0.15, 0.2) is 42.5 Å². The molecule has 2 aromatic carbocycles. The molecule has 0 bridgehead atoms. The van der Waals surface area contributed by atoms with E-state index in [0.717, 1.165) is 63.7 Å². The number of carbonyl (C=O) groups is 1. The van der Waals surface area contributed by atoms with Gasteiger partial charge >= 0.3 is 0 Å². The van der Waals surface area contributed by atoms with Gasteiger partial charge in [-0.1, -0.05) is 24.3 Å². The quantitative estimate of drug-likeness (QED) is 0.719. The van der Waals surface area contributed by atoms with Gasteiger partial charge in [0.25, 0.3) is 5.91 Å². The minimum absolute atomic E-state index is 0.300. The molecule has 0 aliphatic carbocycles. The highest BCUT2D eigenvalue weighted by molar-refractivity contribution is 5.77. The van der Waals surface area contributed by atoms with Gasteiger partial charge in [0, 0.05) is 18.7 Å². The van der Waals surface area contributed by atoms with E-state index in [0.29, 0.717) is 19.2 Å². The van der Waals surface area contributed by atoms with Crippen LogP contribution in [0.3, 0.4) is 0 Å². The number of nitrogens with one attached hydrogen (secondary N) is 2. The van der Waals surface area contributed by atoms with Crippen molar-refractivity contribution in [3.8, 4) is 11.5 Å². The lowest BCUT2D eigenvalue weighted by atomic mass is 10.00. The number of rotatable bonds is 4. The van der Waals surface area contributed by atoms with Crippen molar-refractivity contribution in [1.29, 1.82) is 0 Å². The minimum Gasteiger partial charge on any atom is -0.454 e. The highest BCUT2D eigenvalue weighted by Crippen LogP contribution is 2.32. The Morgan fingerprint density at radius 1 is 0.931 bits per heavy atom. The molecule has 2 N–H and O–H groups in total. The molecule has 152 valence electrons. The number of benzene rings is 2. The van der Waals surface area contributed by atoms with Gasteiger partial charge < -0.3 is 24.2 Å². The Morgan fingerprint density at radius 2 is 1.69 bits per heavy atom. The number of ether oxygens (including phenoxy) is 2. The second kappa shape index (κ2) is 8.05. The first-order valence-corrected chi connectivity index (χ1v) is 10.6. The molecule has 0 saturated carbocycles. The maximum Gasteiger partial charge on any atom is 0.278 e. The number of piperazine rings is 1. The molecule has 0 spiro atoms. The van der Waals surface area contributed by atoms with E-state index >= 15 is 0 Å². The van der Waals surface area contributed by atoms with Gasteiger partial charge in [-0.15, -0.1) is 0 Å². The summed E-state index contributed by atoms with van der Waals surface area (Å²) in [4.78, 5) is 17.9. The van der Waals surface area contributed by atoms with E-state index < -0.39 is 0 Å². The van der Waals surface area contributed by atoms with Crippen molar-refractivity contribution in [2.24, 2.45) is 0 Å². The second-order valence-electron chi connectivity index (χ2n) is 8.38. The smallest absolute Gasteiger partial charge is 0.278 e. The average Bonchev–Trinajstić information content (AvgIpc) is 3.23. The number of hydrogen-bond donors (Lipinski definition) is 2. The molecule has 29 heavy (non-hydrogen) atoms. The fourth-order valence-electron chi connectivity index (χ4n) is 4.68. The van der Waals surface area contributed by atoms with E-state index in [4.69, 9.17) is 9.47 Å². The third-order valence-corrected chi connectivity index (χ3v) is 6.44. The average molecular weight is 396 g/mol. The molecule has 2 aromatic rings. The first kappa shape index (κ1) is 18.5. The molecule has 3 heterocycles. The van der Waals surface area contributed by atoms with E-state index in [1.165, 1.54) is 21.6 Å². The molecule has 0 radical (unpaired) electrons. The predicted molar refractivity (Wildman–Crippen MR) is 108 cm³/mol. The van der Waals surface area contributed by atoms with E-state index in [9.17, 15) is 4.79 Å². The summed E-state index contributed by atoms with van der Waals surface area (Å²) in [6.45, 7) is 7.87. The highest BCUT2D eigenvalue weighted by Gasteiger charge is 2.28. The van der Waals surface area contributed by atoms with Crippen molar-refractivity contribution in [3.05, 3.63) is 59.2 Å². The van der Waals surface area contributed by atoms with Crippen molar-refractivity contribution < 1.29 is 24.1 Å². The molecule has 1 amide bonds. The van der Waals surface area contributed by atoms with E-state index in [-0.39, 0.29) is 0 Å². The van der Waals surface area contributed by atoms with Gasteiger partial charge in [-0.25, -0.2) is 0 Å². The van der Waals surface area contributed by atoms with E-state index in [1.54, 1.807) is 4.90 Å². The maximum absolute atomic E-state index is 12.8. The number of amides is 1. The summed E-state index contributed by atoms with van der Waals surface area (Å²) < 4.78 is 10.9. The zero-order chi connectivity index (χ0) is 19.6. The Kier molecular flexibility index (Phi) is 5.12. The second-order valence-corrected chi connectivity index (χ2v) is 8.38. The molecule has 6 nitrogen and oxygen atoms in total. The van der Waals surface area contributed by atoms with Crippen molar-refractivity contribution in [3.63, 3.8) is 0 Å². The molecule has 3 aliphatic rings. The number of hydrogen-bond acceptors (Lipinski definition) is 3. The van der Waals surface area contributed by atoms with Crippen LogP contribution >= 0.6 is 0 Å². The number of fused-ring (bicyclic) bond motifs is 2. The van der Waals surface area contributed by atoms with Gasteiger partial charge in [0.15, 0.2) is 18.0 Å². The third-order valence-electron chi connectivity index (χ3n) is 6.44. The predicted octanol–water partition coefficient (Wildman–Crippen LogP) is -0.716. The first-order chi connectivity index (χ1) is 14.2. The Balaban J connectivity index is 1.10. The maximum atomic E-state index is 12.8. The third kappa shape index (κ3) is 4.09. The van der Waals surface area contributed by atoms with Crippen LogP contribution in [0.5, 0.6) is 11.5 Å². The summed E-state index contributed by atoms with van der Waals surface area (Å²) in [6, 6.07) is 14.7. The highest BCUT2D eigenvalue weighted by atomic mass is 16.7. The van der Waals surface area contributed by atoms with Crippen molar-refractivity contribution >= 4 is 5.91 Å². The summed E-state index contributed by atoms with van der Waals surface area (Å²) in [7, 11) is 0. The van der Waals surface area contributed by atoms with Crippen molar-refractivity contribution in [1.82, 2.24) is 4.90 Å².